The van der Waals surface area contributed by atoms with E-state index in [-0.39, 0.29) is 30.0 Å². The summed E-state index contributed by atoms with van der Waals surface area (Å²) < 4.78 is 0. The Kier molecular flexibility index (Phi) is 6.51. The Morgan fingerprint density at radius 1 is 1.09 bits per heavy atom. The van der Waals surface area contributed by atoms with Gasteiger partial charge in [-0.05, 0) is 57.4 Å². The van der Waals surface area contributed by atoms with Crippen LogP contribution < -0.4 is 16.4 Å². The van der Waals surface area contributed by atoms with Gasteiger partial charge < -0.3 is 21.4 Å². The van der Waals surface area contributed by atoms with Crippen molar-refractivity contribution in [2.75, 3.05) is 5.32 Å². The van der Waals surface area contributed by atoms with Gasteiger partial charge >= 0.3 is 0 Å². The van der Waals surface area contributed by atoms with Crippen molar-refractivity contribution < 1.29 is 4.79 Å². The molecule has 8 heteroatoms. The zero-order valence-corrected chi connectivity index (χ0v) is 19.4. The lowest BCUT2D eigenvalue weighted by molar-refractivity contribution is -0.126. The van der Waals surface area contributed by atoms with Gasteiger partial charge in [0.25, 0.3) is 0 Å². The standard InChI is InChI=1S/C25H31ClN6O/c26-21-14-29-25(32-23(21)20-13-28-22-7-2-1-6-19(20)22)31-18-5-3-4-17(12-18)30-24(33)15-8-10-16(27)11-9-15/h1-2,6-7,13-18,28H,3-5,8-12,27H2,(H,30,33)(H,29,31,32)/t15-,16+,17-,18+/m0/s1. The van der Waals surface area contributed by atoms with E-state index in [1.54, 1.807) is 6.20 Å². The number of anilines is 1. The summed E-state index contributed by atoms with van der Waals surface area (Å²) in [5, 5.41) is 8.38. The first-order valence-electron chi connectivity index (χ1n) is 12.0. The summed E-state index contributed by atoms with van der Waals surface area (Å²) >= 11 is 6.47. The number of benzene rings is 1. The van der Waals surface area contributed by atoms with Gasteiger partial charge in [-0.1, -0.05) is 29.8 Å². The number of rotatable bonds is 5. The van der Waals surface area contributed by atoms with E-state index in [9.17, 15) is 4.79 Å². The Hall–Kier alpha value is -2.64. The van der Waals surface area contributed by atoms with Gasteiger partial charge in [0, 0.05) is 46.7 Å². The number of carbonyl (C=O) groups is 1. The molecular weight excluding hydrogens is 436 g/mol. The molecule has 0 radical (unpaired) electrons. The molecule has 0 unspecified atom stereocenters. The molecule has 0 bridgehead atoms. The first-order chi connectivity index (χ1) is 16.1. The lowest BCUT2D eigenvalue weighted by Crippen LogP contribution is -2.45. The molecule has 7 nitrogen and oxygen atoms in total. The third kappa shape index (κ3) is 4.99. The number of nitrogens with two attached hydrogens (primary N) is 1. The Morgan fingerprint density at radius 3 is 2.73 bits per heavy atom. The fraction of sp³-hybridized carbons (Fsp3) is 0.480. The number of aromatic nitrogens is 3. The van der Waals surface area contributed by atoms with Crippen LogP contribution in [-0.4, -0.2) is 39.0 Å². The van der Waals surface area contributed by atoms with Crippen LogP contribution in [0.2, 0.25) is 5.02 Å². The molecule has 2 atom stereocenters. The van der Waals surface area contributed by atoms with Gasteiger partial charge in [-0.15, -0.1) is 0 Å². The Morgan fingerprint density at radius 2 is 1.88 bits per heavy atom. The van der Waals surface area contributed by atoms with Crippen molar-refractivity contribution in [3.63, 3.8) is 0 Å². The third-order valence-corrected chi connectivity index (χ3v) is 7.36. The predicted molar refractivity (Wildman–Crippen MR) is 132 cm³/mol. The van der Waals surface area contributed by atoms with Crippen LogP contribution in [0.3, 0.4) is 0 Å². The quantitative estimate of drug-likeness (QED) is 0.438. The highest BCUT2D eigenvalue weighted by molar-refractivity contribution is 6.33. The van der Waals surface area contributed by atoms with Crippen LogP contribution in [0.15, 0.2) is 36.7 Å². The van der Waals surface area contributed by atoms with Crippen LogP contribution >= 0.6 is 11.6 Å². The highest BCUT2D eigenvalue weighted by Crippen LogP contribution is 2.33. The monoisotopic (exact) mass is 466 g/mol. The highest BCUT2D eigenvalue weighted by atomic mass is 35.5. The second-order valence-corrected chi connectivity index (χ2v) is 9.87. The molecule has 3 aromatic rings. The van der Waals surface area contributed by atoms with Crippen molar-refractivity contribution >= 4 is 34.4 Å². The SMILES string of the molecule is N[C@H]1CC[C@@H](C(=O)N[C@H]2CCC[C@@H](Nc3ncc(Cl)c(-c4c[nH]c5ccccc45)n3)C2)CC1. The van der Waals surface area contributed by atoms with Crippen LogP contribution in [0.5, 0.6) is 0 Å². The van der Waals surface area contributed by atoms with Crippen molar-refractivity contribution in [2.24, 2.45) is 11.7 Å². The van der Waals surface area contributed by atoms with E-state index >= 15 is 0 Å². The average molecular weight is 467 g/mol. The minimum absolute atomic E-state index is 0.108. The van der Waals surface area contributed by atoms with E-state index in [1.165, 1.54) is 0 Å². The molecule has 2 aliphatic carbocycles. The summed E-state index contributed by atoms with van der Waals surface area (Å²) in [7, 11) is 0. The maximum Gasteiger partial charge on any atom is 0.223 e. The van der Waals surface area contributed by atoms with Crippen LogP contribution in [0.1, 0.15) is 51.4 Å². The molecule has 0 aliphatic heterocycles. The molecule has 5 N–H and O–H groups in total. The minimum atomic E-state index is 0.108. The van der Waals surface area contributed by atoms with E-state index < -0.39 is 0 Å². The number of nitrogens with one attached hydrogen (secondary N) is 3. The molecule has 1 amide bonds. The molecule has 2 aliphatic rings. The lowest BCUT2D eigenvalue weighted by Gasteiger charge is -2.32. The molecule has 2 saturated carbocycles. The number of hydrogen-bond acceptors (Lipinski definition) is 5. The van der Waals surface area contributed by atoms with Crippen LogP contribution in [0.4, 0.5) is 5.95 Å². The molecule has 1 aromatic carbocycles. The Labute approximate surface area is 198 Å². The topological polar surface area (TPSA) is 109 Å². The van der Waals surface area contributed by atoms with Gasteiger partial charge in [-0.2, -0.15) is 0 Å². The number of H-pyrrole nitrogens is 1. The number of nitrogens with zero attached hydrogens (tertiary/aromatic N) is 2. The van der Waals surface area contributed by atoms with Crippen molar-refractivity contribution in [1.29, 1.82) is 0 Å². The summed E-state index contributed by atoms with van der Waals surface area (Å²) in [5.74, 6) is 0.867. The van der Waals surface area contributed by atoms with Gasteiger partial charge in [0.1, 0.15) is 0 Å². The number of amides is 1. The average Bonchev–Trinajstić information content (AvgIpc) is 3.25. The second kappa shape index (κ2) is 9.69. The molecule has 2 fully saturated rings. The maximum absolute atomic E-state index is 12.7. The molecule has 2 heterocycles. The number of aromatic amines is 1. The number of para-hydroxylation sites is 1. The summed E-state index contributed by atoms with van der Waals surface area (Å²) in [4.78, 5) is 25.2. The van der Waals surface area contributed by atoms with Gasteiger partial charge in [0.2, 0.25) is 11.9 Å². The summed E-state index contributed by atoms with van der Waals surface area (Å²) in [6.45, 7) is 0. The van der Waals surface area contributed by atoms with Crippen molar-refractivity contribution in [2.45, 2.75) is 69.5 Å². The van der Waals surface area contributed by atoms with E-state index in [1.807, 2.05) is 24.4 Å². The Balaban J connectivity index is 1.25. The lowest BCUT2D eigenvalue weighted by atomic mass is 9.85. The van der Waals surface area contributed by atoms with Crippen molar-refractivity contribution in [1.82, 2.24) is 20.3 Å². The molecule has 2 aromatic heterocycles. The van der Waals surface area contributed by atoms with E-state index in [0.29, 0.717) is 16.7 Å². The molecular formula is C25H31ClN6O. The first-order valence-corrected chi connectivity index (χ1v) is 12.4. The van der Waals surface area contributed by atoms with Crippen LogP contribution in [0, 0.1) is 5.92 Å². The van der Waals surface area contributed by atoms with Gasteiger partial charge in [0.15, 0.2) is 0 Å². The van der Waals surface area contributed by atoms with Gasteiger partial charge in [0.05, 0.1) is 16.9 Å². The summed E-state index contributed by atoms with van der Waals surface area (Å²) in [6.07, 6.45) is 11.2. The molecule has 5 rings (SSSR count). The predicted octanol–water partition coefficient (Wildman–Crippen LogP) is 4.64. The second-order valence-electron chi connectivity index (χ2n) is 9.46. The number of hydrogen-bond donors (Lipinski definition) is 4. The molecule has 0 saturated heterocycles. The summed E-state index contributed by atoms with van der Waals surface area (Å²) in [6, 6.07) is 8.74. The highest BCUT2D eigenvalue weighted by Gasteiger charge is 2.29. The summed E-state index contributed by atoms with van der Waals surface area (Å²) in [5.41, 5.74) is 8.70. The molecule has 0 spiro atoms. The number of carbonyl (C=O) groups excluding carboxylic acids is 1. The van der Waals surface area contributed by atoms with Crippen molar-refractivity contribution in [3.05, 3.63) is 41.7 Å². The van der Waals surface area contributed by atoms with E-state index in [0.717, 1.165) is 67.8 Å². The fourth-order valence-electron chi connectivity index (χ4n) is 5.23. The number of fused-ring (bicyclic) bond motifs is 1. The fourth-order valence-corrected chi connectivity index (χ4v) is 5.42. The van der Waals surface area contributed by atoms with E-state index in [4.69, 9.17) is 22.3 Å². The smallest absolute Gasteiger partial charge is 0.223 e. The van der Waals surface area contributed by atoms with Crippen LogP contribution in [-0.2, 0) is 4.79 Å². The largest absolute Gasteiger partial charge is 0.360 e. The Bertz CT molecular complexity index is 1120. The van der Waals surface area contributed by atoms with Crippen LogP contribution in [0.25, 0.3) is 22.2 Å². The zero-order valence-electron chi connectivity index (χ0n) is 18.7. The molecule has 174 valence electrons. The first kappa shape index (κ1) is 22.2. The van der Waals surface area contributed by atoms with E-state index in [2.05, 4.69) is 26.7 Å². The third-order valence-electron chi connectivity index (χ3n) is 7.08. The minimum Gasteiger partial charge on any atom is -0.360 e. The normalized spacial score (nSPS) is 25.6. The number of halogens is 1. The van der Waals surface area contributed by atoms with Gasteiger partial charge in [-0.3, -0.25) is 4.79 Å². The maximum atomic E-state index is 12.7. The molecule has 33 heavy (non-hydrogen) atoms. The van der Waals surface area contributed by atoms with Crippen molar-refractivity contribution in [3.8, 4) is 11.3 Å². The zero-order chi connectivity index (χ0) is 22.8. The van der Waals surface area contributed by atoms with Gasteiger partial charge in [-0.25, -0.2) is 9.97 Å².